The molecule has 1 saturated carbocycles. The van der Waals surface area contributed by atoms with Gasteiger partial charge in [0.05, 0.1) is 4.92 Å². The fourth-order valence-corrected chi connectivity index (χ4v) is 3.42. The number of fused-ring (bicyclic) bond motifs is 1. The quantitative estimate of drug-likeness (QED) is 0.446. The molecule has 1 aliphatic carbocycles. The molecule has 0 saturated heterocycles. The molecule has 1 aliphatic rings. The molecule has 3 N–H and O–H groups in total. The monoisotopic (exact) mass is 345 g/mol. The first kappa shape index (κ1) is 16.9. The number of aromatic nitrogens is 1. The number of non-ortho nitro benzene ring substituents is 1. The van der Waals surface area contributed by atoms with Crippen molar-refractivity contribution in [2.24, 2.45) is 0 Å². The Morgan fingerprint density at radius 1 is 1.20 bits per heavy atom. The lowest BCUT2D eigenvalue weighted by atomic mass is 9.90. The third-order valence-corrected chi connectivity index (χ3v) is 4.79. The zero-order valence-corrected chi connectivity index (χ0v) is 13.6. The third kappa shape index (κ3) is 3.19. The number of aromatic amines is 1. The van der Waals surface area contributed by atoms with Crippen LogP contribution in [0.5, 0.6) is 0 Å². The number of aliphatic carboxylic acids is 1. The zero-order valence-electron chi connectivity index (χ0n) is 13.6. The molecule has 0 unspecified atom stereocenters. The Morgan fingerprint density at radius 2 is 1.88 bits per heavy atom. The van der Waals surface area contributed by atoms with Crippen LogP contribution in [0.3, 0.4) is 0 Å². The SMILES string of the molecule is O=C(NC1(C(=O)O)CCCCCC1)c1cc2cccc([N+](=O)[O-])c2[nH]1. The number of H-pyrrole nitrogens is 1. The second-order valence-corrected chi connectivity index (χ2v) is 6.44. The first-order valence-corrected chi connectivity index (χ1v) is 8.25. The summed E-state index contributed by atoms with van der Waals surface area (Å²) in [4.78, 5) is 37.7. The number of carbonyl (C=O) groups is 2. The summed E-state index contributed by atoms with van der Waals surface area (Å²) in [7, 11) is 0. The normalized spacial score (nSPS) is 17.0. The predicted molar refractivity (Wildman–Crippen MR) is 90.5 cm³/mol. The molecule has 1 amide bonds. The van der Waals surface area contributed by atoms with Crippen LogP contribution in [-0.2, 0) is 4.79 Å². The molecule has 8 heteroatoms. The molecule has 1 heterocycles. The number of hydrogen-bond donors (Lipinski definition) is 3. The molecule has 0 spiro atoms. The number of carbonyl (C=O) groups excluding carboxylic acids is 1. The van der Waals surface area contributed by atoms with Gasteiger partial charge in [-0.3, -0.25) is 14.9 Å². The summed E-state index contributed by atoms with van der Waals surface area (Å²) in [6.45, 7) is 0. The van der Waals surface area contributed by atoms with Crippen molar-refractivity contribution in [2.75, 3.05) is 0 Å². The van der Waals surface area contributed by atoms with E-state index in [4.69, 9.17) is 0 Å². The number of carboxylic acid groups (broad SMARTS) is 1. The molecule has 25 heavy (non-hydrogen) atoms. The van der Waals surface area contributed by atoms with E-state index in [2.05, 4.69) is 10.3 Å². The summed E-state index contributed by atoms with van der Waals surface area (Å²) in [6.07, 6.45) is 4.14. The number of amides is 1. The highest BCUT2D eigenvalue weighted by atomic mass is 16.6. The van der Waals surface area contributed by atoms with Gasteiger partial charge in [-0.15, -0.1) is 0 Å². The van der Waals surface area contributed by atoms with Gasteiger partial charge in [0.2, 0.25) is 0 Å². The lowest BCUT2D eigenvalue weighted by Gasteiger charge is -2.29. The van der Waals surface area contributed by atoms with Gasteiger partial charge in [0.25, 0.3) is 11.6 Å². The van der Waals surface area contributed by atoms with Crippen molar-refractivity contribution in [3.63, 3.8) is 0 Å². The summed E-state index contributed by atoms with van der Waals surface area (Å²) >= 11 is 0. The summed E-state index contributed by atoms with van der Waals surface area (Å²) in [5.41, 5.74) is -1.03. The predicted octanol–water partition coefficient (Wildman–Crippen LogP) is 2.98. The molecule has 1 aromatic carbocycles. The zero-order chi connectivity index (χ0) is 18.0. The standard InChI is InChI=1S/C17H19N3O5/c21-15(19-17(16(22)23)8-3-1-2-4-9-17)12-10-11-6-5-7-13(20(24)25)14(11)18-12/h5-7,10,18H,1-4,8-9H2,(H,19,21)(H,22,23). The lowest BCUT2D eigenvalue weighted by molar-refractivity contribution is -0.383. The Balaban J connectivity index is 1.92. The summed E-state index contributed by atoms with van der Waals surface area (Å²) in [6, 6.07) is 6.06. The van der Waals surface area contributed by atoms with Gasteiger partial charge in [-0.05, 0) is 18.9 Å². The van der Waals surface area contributed by atoms with Crippen LogP contribution in [0.1, 0.15) is 49.0 Å². The number of para-hydroxylation sites is 1. The Bertz CT molecular complexity index is 834. The molecule has 0 bridgehead atoms. The van der Waals surface area contributed by atoms with E-state index >= 15 is 0 Å². The van der Waals surface area contributed by atoms with Gasteiger partial charge in [-0.25, -0.2) is 4.79 Å². The van der Waals surface area contributed by atoms with E-state index in [0.29, 0.717) is 18.2 Å². The average molecular weight is 345 g/mol. The first-order chi connectivity index (χ1) is 11.9. The Hall–Kier alpha value is -2.90. The largest absolute Gasteiger partial charge is 0.480 e. The summed E-state index contributed by atoms with van der Waals surface area (Å²) in [5, 5.41) is 23.9. The van der Waals surface area contributed by atoms with Crippen LogP contribution in [-0.4, -0.2) is 32.4 Å². The molecule has 1 fully saturated rings. The van der Waals surface area contributed by atoms with E-state index in [0.717, 1.165) is 25.7 Å². The van der Waals surface area contributed by atoms with Crippen LogP contribution >= 0.6 is 0 Å². The topological polar surface area (TPSA) is 125 Å². The van der Waals surface area contributed by atoms with Crippen LogP contribution in [0.4, 0.5) is 5.69 Å². The van der Waals surface area contributed by atoms with Gasteiger partial charge in [0.1, 0.15) is 16.7 Å². The minimum atomic E-state index is -1.28. The summed E-state index contributed by atoms with van der Waals surface area (Å²) in [5.74, 6) is -1.60. The van der Waals surface area contributed by atoms with Crippen molar-refractivity contribution in [3.05, 3.63) is 40.1 Å². The van der Waals surface area contributed by atoms with E-state index in [1.54, 1.807) is 12.1 Å². The second kappa shape index (κ2) is 6.54. The molecule has 0 aliphatic heterocycles. The molecular formula is C17H19N3O5. The van der Waals surface area contributed by atoms with Crippen molar-refractivity contribution in [2.45, 2.75) is 44.1 Å². The van der Waals surface area contributed by atoms with Crippen LogP contribution in [0, 0.1) is 10.1 Å². The third-order valence-electron chi connectivity index (χ3n) is 4.79. The molecule has 0 atom stereocenters. The molecule has 1 aromatic heterocycles. The second-order valence-electron chi connectivity index (χ2n) is 6.44. The highest BCUT2D eigenvalue weighted by molar-refractivity contribution is 6.02. The van der Waals surface area contributed by atoms with Crippen molar-refractivity contribution in [1.82, 2.24) is 10.3 Å². The molecule has 3 rings (SSSR count). The van der Waals surface area contributed by atoms with Crippen LogP contribution < -0.4 is 5.32 Å². The number of nitrogens with zero attached hydrogens (tertiary/aromatic N) is 1. The van der Waals surface area contributed by atoms with Crippen molar-refractivity contribution in [3.8, 4) is 0 Å². The minimum absolute atomic E-state index is 0.120. The van der Waals surface area contributed by atoms with Gasteiger partial charge in [0.15, 0.2) is 0 Å². The molecule has 2 aromatic rings. The lowest BCUT2D eigenvalue weighted by Crippen LogP contribution is -2.54. The Kier molecular flexibility index (Phi) is 4.43. The van der Waals surface area contributed by atoms with E-state index in [-0.39, 0.29) is 16.9 Å². The maximum Gasteiger partial charge on any atom is 0.329 e. The van der Waals surface area contributed by atoms with E-state index in [1.165, 1.54) is 12.1 Å². The molecule has 0 radical (unpaired) electrons. The Morgan fingerprint density at radius 3 is 2.48 bits per heavy atom. The fourth-order valence-electron chi connectivity index (χ4n) is 3.42. The first-order valence-electron chi connectivity index (χ1n) is 8.25. The maximum absolute atomic E-state index is 12.6. The summed E-state index contributed by atoms with van der Waals surface area (Å²) < 4.78 is 0. The molecule has 132 valence electrons. The Labute approximate surface area is 143 Å². The van der Waals surface area contributed by atoms with Crippen molar-refractivity contribution >= 4 is 28.5 Å². The number of nitrogens with one attached hydrogen (secondary N) is 2. The highest BCUT2D eigenvalue weighted by Crippen LogP contribution is 2.29. The maximum atomic E-state index is 12.6. The number of carboxylic acids is 1. The van der Waals surface area contributed by atoms with Crippen molar-refractivity contribution < 1.29 is 19.6 Å². The smallest absolute Gasteiger partial charge is 0.329 e. The van der Waals surface area contributed by atoms with E-state index < -0.39 is 22.3 Å². The molecular weight excluding hydrogens is 326 g/mol. The van der Waals surface area contributed by atoms with Crippen LogP contribution in [0.25, 0.3) is 10.9 Å². The number of hydrogen-bond acceptors (Lipinski definition) is 4. The number of nitro benzene ring substituents is 1. The van der Waals surface area contributed by atoms with Gasteiger partial charge in [0, 0.05) is 11.5 Å². The number of benzene rings is 1. The number of nitro groups is 1. The van der Waals surface area contributed by atoms with Gasteiger partial charge in [-0.2, -0.15) is 0 Å². The highest BCUT2D eigenvalue weighted by Gasteiger charge is 2.40. The minimum Gasteiger partial charge on any atom is -0.480 e. The van der Waals surface area contributed by atoms with Gasteiger partial charge in [-0.1, -0.05) is 37.8 Å². The number of rotatable bonds is 4. The van der Waals surface area contributed by atoms with Crippen LogP contribution in [0.15, 0.2) is 24.3 Å². The van der Waals surface area contributed by atoms with Crippen LogP contribution in [0.2, 0.25) is 0 Å². The van der Waals surface area contributed by atoms with Gasteiger partial charge >= 0.3 is 5.97 Å². The van der Waals surface area contributed by atoms with Gasteiger partial charge < -0.3 is 15.4 Å². The molecule has 8 nitrogen and oxygen atoms in total. The average Bonchev–Trinajstić information content (AvgIpc) is 2.87. The van der Waals surface area contributed by atoms with E-state index in [9.17, 15) is 24.8 Å². The van der Waals surface area contributed by atoms with Crippen molar-refractivity contribution in [1.29, 1.82) is 0 Å². The fraction of sp³-hybridized carbons (Fsp3) is 0.412. The van der Waals surface area contributed by atoms with E-state index in [1.807, 2.05) is 0 Å².